The Labute approximate surface area is 158 Å². The van der Waals surface area contributed by atoms with Crippen LogP contribution in [0, 0.1) is 5.92 Å². The number of hydrogen-bond donors (Lipinski definition) is 2. The SMILES string of the molecule is COc1ccc(CN2CC(C(=O)NC3(C(=O)O)CCCCC3)CC2=O)cc1. The molecule has 2 aliphatic rings. The summed E-state index contributed by atoms with van der Waals surface area (Å²) < 4.78 is 5.13. The third-order valence-electron chi connectivity index (χ3n) is 5.60. The number of carbonyl (C=O) groups excluding carboxylic acids is 2. The Morgan fingerprint density at radius 3 is 2.48 bits per heavy atom. The molecule has 27 heavy (non-hydrogen) atoms. The van der Waals surface area contributed by atoms with Crippen LogP contribution in [0.1, 0.15) is 44.1 Å². The van der Waals surface area contributed by atoms with E-state index in [0.717, 1.165) is 30.6 Å². The van der Waals surface area contributed by atoms with Crippen LogP contribution in [0.25, 0.3) is 0 Å². The summed E-state index contributed by atoms with van der Waals surface area (Å²) in [7, 11) is 1.60. The summed E-state index contributed by atoms with van der Waals surface area (Å²) in [4.78, 5) is 38.4. The van der Waals surface area contributed by atoms with Crippen molar-refractivity contribution in [3.05, 3.63) is 29.8 Å². The van der Waals surface area contributed by atoms with Crippen molar-refractivity contribution in [2.75, 3.05) is 13.7 Å². The number of benzene rings is 1. The highest BCUT2D eigenvalue weighted by molar-refractivity contribution is 5.92. The Bertz CT molecular complexity index is 710. The molecule has 0 spiro atoms. The van der Waals surface area contributed by atoms with Crippen molar-refractivity contribution in [3.63, 3.8) is 0 Å². The van der Waals surface area contributed by atoms with Gasteiger partial charge in [0.1, 0.15) is 11.3 Å². The van der Waals surface area contributed by atoms with Gasteiger partial charge in [-0.1, -0.05) is 31.4 Å². The van der Waals surface area contributed by atoms with E-state index in [-0.39, 0.29) is 18.2 Å². The predicted octanol–water partition coefficient (Wildman–Crippen LogP) is 1.95. The lowest BCUT2D eigenvalue weighted by atomic mass is 9.81. The smallest absolute Gasteiger partial charge is 0.329 e. The molecule has 0 bridgehead atoms. The maximum atomic E-state index is 12.7. The number of hydrogen-bond acceptors (Lipinski definition) is 4. The van der Waals surface area contributed by atoms with E-state index in [4.69, 9.17) is 4.74 Å². The fourth-order valence-corrected chi connectivity index (χ4v) is 3.94. The van der Waals surface area contributed by atoms with Crippen molar-refractivity contribution in [2.45, 2.75) is 50.6 Å². The van der Waals surface area contributed by atoms with E-state index in [1.165, 1.54) is 0 Å². The second-order valence-corrected chi connectivity index (χ2v) is 7.46. The van der Waals surface area contributed by atoms with E-state index >= 15 is 0 Å². The molecule has 0 aromatic heterocycles. The molecule has 1 unspecified atom stereocenters. The minimum Gasteiger partial charge on any atom is -0.497 e. The number of rotatable bonds is 6. The first-order valence-electron chi connectivity index (χ1n) is 9.40. The number of nitrogens with zero attached hydrogens (tertiary/aromatic N) is 1. The molecule has 7 heteroatoms. The summed E-state index contributed by atoms with van der Waals surface area (Å²) in [6.07, 6.45) is 3.59. The van der Waals surface area contributed by atoms with Crippen LogP contribution >= 0.6 is 0 Å². The zero-order valence-corrected chi connectivity index (χ0v) is 15.6. The molecule has 2 fully saturated rings. The third kappa shape index (κ3) is 4.23. The maximum Gasteiger partial charge on any atom is 0.329 e. The molecule has 1 saturated heterocycles. The molecule has 1 atom stereocenters. The van der Waals surface area contributed by atoms with Gasteiger partial charge >= 0.3 is 5.97 Å². The Hall–Kier alpha value is -2.57. The van der Waals surface area contributed by atoms with Gasteiger partial charge in [0, 0.05) is 19.5 Å². The van der Waals surface area contributed by atoms with Gasteiger partial charge in [-0.2, -0.15) is 0 Å². The van der Waals surface area contributed by atoms with Crippen LogP contribution in [0.3, 0.4) is 0 Å². The third-order valence-corrected chi connectivity index (χ3v) is 5.60. The Kier molecular flexibility index (Phi) is 5.68. The van der Waals surface area contributed by atoms with E-state index in [0.29, 0.717) is 25.9 Å². The summed E-state index contributed by atoms with van der Waals surface area (Å²) in [6, 6.07) is 7.45. The van der Waals surface area contributed by atoms with Gasteiger partial charge in [-0.3, -0.25) is 9.59 Å². The summed E-state index contributed by atoms with van der Waals surface area (Å²) in [5.41, 5.74) is -0.221. The Balaban J connectivity index is 1.61. The number of nitrogens with one attached hydrogen (secondary N) is 1. The van der Waals surface area contributed by atoms with Gasteiger partial charge in [0.05, 0.1) is 13.0 Å². The molecule has 3 rings (SSSR count). The predicted molar refractivity (Wildman–Crippen MR) is 98.1 cm³/mol. The number of likely N-dealkylation sites (tertiary alicyclic amines) is 1. The molecule has 1 aliphatic heterocycles. The molecule has 1 aromatic rings. The number of aliphatic carboxylic acids is 1. The minimum absolute atomic E-state index is 0.0843. The Morgan fingerprint density at radius 1 is 1.22 bits per heavy atom. The van der Waals surface area contributed by atoms with Crippen molar-refractivity contribution in [3.8, 4) is 5.75 Å². The Morgan fingerprint density at radius 2 is 1.89 bits per heavy atom. The molecule has 1 aromatic carbocycles. The molecular weight excluding hydrogens is 348 g/mol. The lowest BCUT2D eigenvalue weighted by molar-refractivity contribution is -0.150. The van der Waals surface area contributed by atoms with Crippen LogP contribution in [-0.2, 0) is 20.9 Å². The lowest BCUT2D eigenvalue weighted by Crippen LogP contribution is -2.57. The molecular formula is C20H26N2O5. The van der Waals surface area contributed by atoms with Gasteiger partial charge in [-0.25, -0.2) is 4.79 Å². The molecule has 1 saturated carbocycles. The zero-order valence-electron chi connectivity index (χ0n) is 15.6. The average molecular weight is 374 g/mol. The quantitative estimate of drug-likeness (QED) is 0.793. The number of amides is 2. The van der Waals surface area contributed by atoms with Gasteiger partial charge in [-0.05, 0) is 30.5 Å². The summed E-state index contributed by atoms with van der Waals surface area (Å²) in [5.74, 6) is -1.15. The normalized spacial score (nSPS) is 21.7. The van der Waals surface area contributed by atoms with Crippen LogP contribution in [0.15, 0.2) is 24.3 Å². The van der Waals surface area contributed by atoms with E-state index in [1.807, 2.05) is 24.3 Å². The van der Waals surface area contributed by atoms with E-state index in [2.05, 4.69) is 5.32 Å². The second kappa shape index (κ2) is 7.98. The second-order valence-electron chi connectivity index (χ2n) is 7.46. The van der Waals surface area contributed by atoms with Crippen LogP contribution in [-0.4, -0.2) is 47.0 Å². The fourth-order valence-electron chi connectivity index (χ4n) is 3.94. The fraction of sp³-hybridized carbons (Fsp3) is 0.550. The first kappa shape index (κ1) is 19.2. The van der Waals surface area contributed by atoms with Crippen molar-refractivity contribution < 1.29 is 24.2 Å². The van der Waals surface area contributed by atoms with Crippen molar-refractivity contribution >= 4 is 17.8 Å². The molecule has 1 heterocycles. The van der Waals surface area contributed by atoms with E-state index in [9.17, 15) is 19.5 Å². The highest BCUT2D eigenvalue weighted by Gasteiger charge is 2.44. The number of methoxy groups -OCH3 is 1. The first-order valence-corrected chi connectivity index (χ1v) is 9.40. The molecule has 7 nitrogen and oxygen atoms in total. The van der Waals surface area contributed by atoms with Gasteiger partial charge in [-0.15, -0.1) is 0 Å². The minimum atomic E-state index is -1.18. The molecule has 2 amide bonds. The summed E-state index contributed by atoms with van der Waals surface area (Å²) >= 11 is 0. The average Bonchev–Trinajstić information content (AvgIpc) is 3.04. The number of carbonyl (C=O) groups is 3. The molecule has 0 radical (unpaired) electrons. The largest absolute Gasteiger partial charge is 0.497 e. The standard InChI is InChI=1S/C20H26N2O5/c1-27-16-7-5-14(6-8-16)12-22-13-15(11-17(22)23)18(24)21-20(19(25)26)9-3-2-4-10-20/h5-8,15H,2-4,9-13H2,1H3,(H,21,24)(H,25,26). The molecule has 146 valence electrons. The monoisotopic (exact) mass is 374 g/mol. The topological polar surface area (TPSA) is 95.9 Å². The van der Waals surface area contributed by atoms with Crippen molar-refractivity contribution in [1.82, 2.24) is 10.2 Å². The highest BCUT2D eigenvalue weighted by Crippen LogP contribution is 2.30. The summed E-state index contributed by atoms with van der Waals surface area (Å²) in [6.45, 7) is 0.739. The highest BCUT2D eigenvalue weighted by atomic mass is 16.5. The van der Waals surface area contributed by atoms with Gasteiger partial charge in [0.15, 0.2) is 0 Å². The van der Waals surface area contributed by atoms with Crippen LogP contribution in [0.4, 0.5) is 0 Å². The number of carboxylic acids is 1. The van der Waals surface area contributed by atoms with Crippen LogP contribution < -0.4 is 10.1 Å². The van der Waals surface area contributed by atoms with E-state index in [1.54, 1.807) is 12.0 Å². The van der Waals surface area contributed by atoms with Crippen LogP contribution in [0.5, 0.6) is 5.75 Å². The lowest BCUT2D eigenvalue weighted by Gasteiger charge is -2.34. The van der Waals surface area contributed by atoms with E-state index < -0.39 is 17.4 Å². The van der Waals surface area contributed by atoms with Gasteiger partial charge in [0.2, 0.25) is 11.8 Å². The van der Waals surface area contributed by atoms with Crippen LogP contribution in [0.2, 0.25) is 0 Å². The summed E-state index contributed by atoms with van der Waals surface area (Å²) in [5, 5.41) is 12.4. The van der Waals surface area contributed by atoms with Gasteiger partial charge < -0.3 is 20.1 Å². The zero-order chi connectivity index (χ0) is 19.4. The number of ether oxygens (including phenoxy) is 1. The number of carboxylic acid groups (broad SMARTS) is 1. The van der Waals surface area contributed by atoms with Crippen molar-refractivity contribution in [2.24, 2.45) is 5.92 Å². The van der Waals surface area contributed by atoms with Gasteiger partial charge in [0.25, 0.3) is 0 Å². The maximum absolute atomic E-state index is 12.7. The molecule has 2 N–H and O–H groups in total. The molecule has 1 aliphatic carbocycles. The first-order chi connectivity index (χ1) is 12.9. The van der Waals surface area contributed by atoms with Crippen molar-refractivity contribution in [1.29, 1.82) is 0 Å².